The van der Waals surface area contributed by atoms with Crippen LogP contribution in [0.1, 0.15) is 29.4 Å². The molecule has 1 aliphatic rings. The highest BCUT2D eigenvalue weighted by Crippen LogP contribution is 2.36. The first-order valence-corrected chi connectivity index (χ1v) is 5.10. The Bertz CT molecular complexity index is 271. The summed E-state index contributed by atoms with van der Waals surface area (Å²) >= 11 is 1.76. The lowest BCUT2D eigenvalue weighted by atomic mass is 9.98. The third-order valence-corrected chi connectivity index (χ3v) is 3.34. The van der Waals surface area contributed by atoms with Gasteiger partial charge in [-0.2, -0.15) is 0 Å². The number of ether oxygens (including phenoxy) is 1. The highest BCUT2D eigenvalue weighted by Gasteiger charge is 2.25. The van der Waals surface area contributed by atoms with Crippen LogP contribution in [0.5, 0.6) is 0 Å². The van der Waals surface area contributed by atoms with Crippen molar-refractivity contribution >= 4 is 11.3 Å². The van der Waals surface area contributed by atoms with Crippen LogP contribution in [0, 0.1) is 0 Å². The van der Waals surface area contributed by atoms with Crippen LogP contribution in [0.2, 0.25) is 0 Å². The van der Waals surface area contributed by atoms with Gasteiger partial charge >= 0.3 is 0 Å². The Balaban J connectivity index is 2.36. The maximum atomic E-state index is 5.61. The summed E-state index contributed by atoms with van der Waals surface area (Å²) in [7, 11) is 0. The average molecular weight is 183 g/mol. The second-order valence-corrected chi connectivity index (χ2v) is 4.15. The molecule has 2 nitrogen and oxygen atoms in total. The van der Waals surface area contributed by atoms with E-state index < -0.39 is 0 Å². The highest BCUT2D eigenvalue weighted by atomic mass is 32.1. The Morgan fingerprint density at radius 1 is 1.75 bits per heavy atom. The summed E-state index contributed by atoms with van der Waals surface area (Å²) in [6.45, 7) is 3.60. The molecule has 0 spiro atoms. The number of hydrogen-bond donors (Lipinski definition) is 1. The van der Waals surface area contributed by atoms with Gasteiger partial charge in [-0.05, 0) is 17.0 Å². The molecule has 12 heavy (non-hydrogen) atoms. The average Bonchev–Trinajstić information content (AvgIpc) is 2.54. The predicted molar refractivity (Wildman–Crippen MR) is 50.5 cm³/mol. The minimum atomic E-state index is 0.149. The van der Waals surface area contributed by atoms with Crippen molar-refractivity contribution in [1.82, 2.24) is 0 Å². The zero-order valence-electron chi connectivity index (χ0n) is 7.12. The molecule has 2 N–H and O–H groups in total. The molecule has 0 saturated heterocycles. The number of nitrogens with two attached hydrogens (primary N) is 1. The smallest absolute Gasteiger partial charge is 0.104 e. The van der Waals surface area contributed by atoms with Crippen LogP contribution >= 0.6 is 11.3 Å². The summed E-state index contributed by atoms with van der Waals surface area (Å²) in [4.78, 5) is 1.33. The van der Waals surface area contributed by atoms with Crippen molar-refractivity contribution in [2.75, 3.05) is 13.2 Å². The molecule has 0 aromatic carbocycles. The first-order valence-electron chi connectivity index (χ1n) is 4.22. The fourth-order valence-corrected chi connectivity index (χ4v) is 2.68. The minimum absolute atomic E-state index is 0.149. The molecule has 0 radical (unpaired) electrons. The van der Waals surface area contributed by atoms with Crippen LogP contribution in [-0.2, 0) is 4.74 Å². The monoisotopic (exact) mass is 183 g/mol. The van der Waals surface area contributed by atoms with Gasteiger partial charge in [0.05, 0.1) is 6.61 Å². The van der Waals surface area contributed by atoms with Gasteiger partial charge < -0.3 is 10.5 Å². The summed E-state index contributed by atoms with van der Waals surface area (Å²) in [5, 5.41) is 2.12. The molecule has 0 bridgehead atoms. The van der Waals surface area contributed by atoms with E-state index in [9.17, 15) is 0 Å². The van der Waals surface area contributed by atoms with Gasteiger partial charge in [0, 0.05) is 17.3 Å². The van der Waals surface area contributed by atoms with Crippen LogP contribution in [0.25, 0.3) is 0 Å². The lowest BCUT2D eigenvalue weighted by molar-refractivity contribution is 0.0394. The van der Waals surface area contributed by atoms with Crippen LogP contribution in [0.3, 0.4) is 0 Å². The molecule has 0 aliphatic carbocycles. The summed E-state index contributed by atoms with van der Waals surface area (Å²) in [6.07, 6.45) is 0.149. The maximum Gasteiger partial charge on any atom is 0.104 e. The Morgan fingerprint density at radius 3 is 3.33 bits per heavy atom. The Morgan fingerprint density at radius 2 is 2.58 bits per heavy atom. The van der Waals surface area contributed by atoms with Crippen molar-refractivity contribution in [2.45, 2.75) is 18.9 Å². The van der Waals surface area contributed by atoms with Crippen molar-refractivity contribution in [2.24, 2.45) is 5.73 Å². The molecular formula is C9H13NOS. The number of hydrogen-bond acceptors (Lipinski definition) is 3. The lowest BCUT2D eigenvalue weighted by Gasteiger charge is -2.26. The van der Waals surface area contributed by atoms with Gasteiger partial charge in [-0.1, -0.05) is 6.92 Å². The maximum absolute atomic E-state index is 5.61. The third-order valence-electron chi connectivity index (χ3n) is 2.31. The molecule has 2 unspecified atom stereocenters. The molecule has 66 valence electrons. The number of fused-ring (bicyclic) bond motifs is 1. The zero-order valence-corrected chi connectivity index (χ0v) is 7.93. The first kappa shape index (κ1) is 8.23. The van der Waals surface area contributed by atoms with Crippen molar-refractivity contribution in [3.05, 3.63) is 21.9 Å². The van der Waals surface area contributed by atoms with Gasteiger partial charge in [0.2, 0.25) is 0 Å². The fraction of sp³-hybridized carbons (Fsp3) is 0.556. The number of thiophene rings is 1. The quantitative estimate of drug-likeness (QED) is 0.721. The van der Waals surface area contributed by atoms with E-state index in [4.69, 9.17) is 10.5 Å². The zero-order chi connectivity index (χ0) is 8.55. The van der Waals surface area contributed by atoms with Gasteiger partial charge in [-0.25, -0.2) is 0 Å². The molecule has 3 heteroatoms. The summed E-state index contributed by atoms with van der Waals surface area (Å²) in [6, 6.07) is 2.19. The van der Waals surface area contributed by atoms with E-state index in [2.05, 4.69) is 18.4 Å². The van der Waals surface area contributed by atoms with Crippen LogP contribution in [-0.4, -0.2) is 13.2 Å². The standard InChI is InChI=1S/C9H13NOS/c1-6-5-11-8(4-10)9-7(6)2-3-12-9/h2-3,6,8H,4-5,10H2,1H3. The fourth-order valence-electron chi connectivity index (χ4n) is 1.60. The molecule has 0 saturated carbocycles. The topological polar surface area (TPSA) is 35.2 Å². The van der Waals surface area contributed by atoms with Crippen molar-refractivity contribution in [1.29, 1.82) is 0 Å². The lowest BCUT2D eigenvalue weighted by Crippen LogP contribution is -2.23. The van der Waals surface area contributed by atoms with Gasteiger partial charge in [-0.3, -0.25) is 0 Å². The normalized spacial score (nSPS) is 28.5. The van der Waals surface area contributed by atoms with Crippen molar-refractivity contribution < 1.29 is 4.74 Å². The molecule has 2 heterocycles. The van der Waals surface area contributed by atoms with E-state index in [1.807, 2.05) is 0 Å². The van der Waals surface area contributed by atoms with Gasteiger partial charge in [0.25, 0.3) is 0 Å². The molecule has 1 aromatic rings. The molecule has 2 atom stereocenters. The summed E-state index contributed by atoms with van der Waals surface area (Å²) in [5.74, 6) is 0.536. The van der Waals surface area contributed by atoms with Gasteiger partial charge in [0.1, 0.15) is 6.10 Å². The minimum Gasteiger partial charge on any atom is -0.371 e. The largest absolute Gasteiger partial charge is 0.371 e. The molecule has 2 rings (SSSR count). The third kappa shape index (κ3) is 1.18. The molecule has 1 aromatic heterocycles. The summed E-state index contributed by atoms with van der Waals surface area (Å²) < 4.78 is 5.61. The molecule has 0 amide bonds. The van der Waals surface area contributed by atoms with E-state index in [-0.39, 0.29) is 6.10 Å². The van der Waals surface area contributed by atoms with Crippen molar-refractivity contribution in [3.63, 3.8) is 0 Å². The Kier molecular flexibility index (Phi) is 2.17. The predicted octanol–water partition coefficient (Wildman–Crippen LogP) is 1.88. The van der Waals surface area contributed by atoms with Crippen LogP contribution in [0.4, 0.5) is 0 Å². The molecular weight excluding hydrogens is 170 g/mol. The van der Waals surface area contributed by atoms with Crippen LogP contribution in [0.15, 0.2) is 11.4 Å². The van der Waals surface area contributed by atoms with E-state index in [1.165, 1.54) is 10.4 Å². The molecule has 1 aliphatic heterocycles. The van der Waals surface area contributed by atoms with E-state index in [1.54, 1.807) is 11.3 Å². The highest BCUT2D eigenvalue weighted by molar-refractivity contribution is 7.10. The van der Waals surface area contributed by atoms with Gasteiger partial charge in [0.15, 0.2) is 0 Å². The van der Waals surface area contributed by atoms with Gasteiger partial charge in [-0.15, -0.1) is 11.3 Å². The van der Waals surface area contributed by atoms with Crippen LogP contribution < -0.4 is 5.73 Å². The van der Waals surface area contributed by atoms with E-state index >= 15 is 0 Å². The number of rotatable bonds is 1. The first-order chi connectivity index (χ1) is 5.83. The SMILES string of the molecule is CC1COC(CN)c2sccc21. The Hall–Kier alpha value is -0.380. The van der Waals surface area contributed by atoms with E-state index in [0.29, 0.717) is 12.5 Å². The Labute approximate surface area is 76.3 Å². The second kappa shape index (κ2) is 3.17. The molecule has 0 fully saturated rings. The summed E-state index contributed by atoms with van der Waals surface area (Å²) in [5.41, 5.74) is 7.04. The second-order valence-electron chi connectivity index (χ2n) is 3.20. The van der Waals surface area contributed by atoms with E-state index in [0.717, 1.165) is 6.61 Å². The van der Waals surface area contributed by atoms with Crippen molar-refractivity contribution in [3.8, 4) is 0 Å².